The summed E-state index contributed by atoms with van der Waals surface area (Å²) < 4.78 is 0. The summed E-state index contributed by atoms with van der Waals surface area (Å²) in [5, 5.41) is 12.9. The largest absolute Gasteiger partial charge is 0.389 e. The molecule has 2 amide bonds. The molecular weight excluding hydrogens is 272 g/mol. The molecule has 0 aliphatic rings. The maximum Gasteiger partial charge on any atom is 0.318 e. The number of hydrogen-bond donors (Lipinski definition) is 2. The molecule has 0 fully saturated rings. The smallest absolute Gasteiger partial charge is 0.318 e. The van der Waals surface area contributed by atoms with Crippen LogP contribution < -0.4 is 5.32 Å². The number of nitrogens with zero attached hydrogens (tertiary/aromatic N) is 1. The number of amides is 2. The Hall–Kier alpha value is -1.07. The molecule has 1 aromatic heterocycles. The molecule has 0 unspecified atom stereocenters. The summed E-state index contributed by atoms with van der Waals surface area (Å²) in [6, 6.07) is 3.98. The van der Waals surface area contributed by atoms with E-state index in [9.17, 15) is 9.90 Å². The third-order valence-electron chi connectivity index (χ3n) is 2.97. The predicted molar refractivity (Wildman–Crippen MR) is 84.1 cm³/mol. The Morgan fingerprint density at radius 3 is 2.40 bits per heavy atom. The predicted octanol–water partition coefficient (Wildman–Crippen LogP) is 3.31. The number of rotatable bonds is 5. The van der Waals surface area contributed by atoms with E-state index in [0.29, 0.717) is 6.54 Å². The van der Waals surface area contributed by atoms with E-state index >= 15 is 0 Å². The van der Waals surface area contributed by atoms with Crippen molar-refractivity contribution in [3.05, 3.63) is 21.9 Å². The molecule has 2 N–H and O–H groups in total. The van der Waals surface area contributed by atoms with Crippen LogP contribution in [0, 0.1) is 6.92 Å². The van der Waals surface area contributed by atoms with Gasteiger partial charge in [-0.3, -0.25) is 0 Å². The standard InChI is InChI=1S/C15H26N2O2S/c1-10(2)17(9-15(5,6)19)14(18)16-12(4)13-8-7-11(3)20-13/h7-8,10,12,19H,9H2,1-6H3,(H,16,18)/t12-/m0/s1. The van der Waals surface area contributed by atoms with Gasteiger partial charge >= 0.3 is 6.03 Å². The number of aliphatic hydroxyl groups is 1. The summed E-state index contributed by atoms with van der Waals surface area (Å²) in [6.07, 6.45) is 0. The molecule has 1 rings (SSSR count). The number of carbonyl (C=O) groups excluding carboxylic acids is 1. The average molecular weight is 298 g/mol. The second kappa shape index (κ2) is 6.59. The Morgan fingerprint density at radius 2 is 2.00 bits per heavy atom. The van der Waals surface area contributed by atoms with E-state index in [-0.39, 0.29) is 18.1 Å². The molecule has 0 saturated carbocycles. The van der Waals surface area contributed by atoms with E-state index in [4.69, 9.17) is 0 Å². The lowest BCUT2D eigenvalue weighted by atomic mass is 10.1. The van der Waals surface area contributed by atoms with E-state index < -0.39 is 5.60 Å². The van der Waals surface area contributed by atoms with Crippen LogP contribution in [-0.2, 0) is 0 Å². The van der Waals surface area contributed by atoms with Crippen LogP contribution in [0.3, 0.4) is 0 Å². The van der Waals surface area contributed by atoms with Crippen LogP contribution in [0.1, 0.15) is 50.4 Å². The number of thiophene rings is 1. The van der Waals surface area contributed by atoms with Crippen LogP contribution in [0.25, 0.3) is 0 Å². The highest BCUT2D eigenvalue weighted by Crippen LogP contribution is 2.22. The maximum absolute atomic E-state index is 12.4. The van der Waals surface area contributed by atoms with Gasteiger partial charge in [0.25, 0.3) is 0 Å². The number of urea groups is 1. The average Bonchev–Trinajstić information content (AvgIpc) is 2.71. The van der Waals surface area contributed by atoms with Gasteiger partial charge in [-0.1, -0.05) is 0 Å². The maximum atomic E-state index is 12.4. The summed E-state index contributed by atoms with van der Waals surface area (Å²) in [6.45, 7) is 11.7. The van der Waals surface area contributed by atoms with Crippen LogP contribution in [0.15, 0.2) is 12.1 Å². The molecule has 1 aromatic rings. The van der Waals surface area contributed by atoms with Crippen molar-refractivity contribution in [3.8, 4) is 0 Å². The van der Waals surface area contributed by atoms with Crippen molar-refractivity contribution in [3.63, 3.8) is 0 Å². The molecule has 114 valence electrons. The first-order valence-electron chi connectivity index (χ1n) is 6.96. The highest BCUT2D eigenvalue weighted by molar-refractivity contribution is 7.12. The van der Waals surface area contributed by atoms with Gasteiger partial charge in [0, 0.05) is 15.8 Å². The first-order valence-corrected chi connectivity index (χ1v) is 7.77. The van der Waals surface area contributed by atoms with Gasteiger partial charge in [0.15, 0.2) is 0 Å². The molecule has 0 bridgehead atoms. The number of nitrogens with one attached hydrogen (secondary N) is 1. The summed E-state index contributed by atoms with van der Waals surface area (Å²) in [5.74, 6) is 0. The van der Waals surface area contributed by atoms with Crippen LogP contribution >= 0.6 is 11.3 Å². The summed E-state index contributed by atoms with van der Waals surface area (Å²) in [7, 11) is 0. The highest BCUT2D eigenvalue weighted by Gasteiger charge is 2.25. The fourth-order valence-corrected chi connectivity index (χ4v) is 2.81. The normalized spacial score (nSPS) is 13.4. The Bertz CT molecular complexity index is 449. The Balaban J connectivity index is 2.71. The fraction of sp³-hybridized carbons (Fsp3) is 0.667. The van der Waals surface area contributed by atoms with E-state index in [0.717, 1.165) is 4.88 Å². The van der Waals surface area contributed by atoms with Crippen molar-refractivity contribution in [1.29, 1.82) is 0 Å². The molecule has 1 heterocycles. The Labute approximate surface area is 125 Å². The first kappa shape index (κ1) is 17.0. The number of hydrogen-bond acceptors (Lipinski definition) is 3. The molecule has 0 aliphatic carbocycles. The lowest BCUT2D eigenvalue weighted by Gasteiger charge is -2.33. The van der Waals surface area contributed by atoms with Gasteiger partial charge < -0.3 is 15.3 Å². The van der Waals surface area contributed by atoms with Gasteiger partial charge in [0.05, 0.1) is 18.2 Å². The molecule has 0 saturated heterocycles. The van der Waals surface area contributed by atoms with E-state index in [1.54, 1.807) is 30.1 Å². The first-order chi connectivity index (χ1) is 9.10. The molecule has 0 radical (unpaired) electrons. The van der Waals surface area contributed by atoms with Gasteiger partial charge in [-0.2, -0.15) is 0 Å². The minimum Gasteiger partial charge on any atom is -0.389 e. The highest BCUT2D eigenvalue weighted by atomic mass is 32.1. The number of aryl methyl sites for hydroxylation is 1. The molecule has 20 heavy (non-hydrogen) atoms. The number of carbonyl (C=O) groups is 1. The molecule has 1 atom stereocenters. The van der Waals surface area contributed by atoms with Gasteiger partial charge in [0.1, 0.15) is 0 Å². The zero-order valence-corrected chi connectivity index (χ0v) is 14.0. The zero-order chi connectivity index (χ0) is 15.5. The lowest BCUT2D eigenvalue weighted by molar-refractivity contribution is 0.0383. The van der Waals surface area contributed by atoms with Gasteiger partial charge in [-0.05, 0) is 53.7 Å². The SMILES string of the molecule is Cc1ccc([C@H](C)NC(=O)N(CC(C)(C)O)C(C)C)s1. The van der Waals surface area contributed by atoms with E-state index in [2.05, 4.69) is 18.3 Å². The van der Waals surface area contributed by atoms with Crippen LogP contribution in [-0.4, -0.2) is 34.2 Å². The van der Waals surface area contributed by atoms with Crippen molar-refractivity contribution in [2.24, 2.45) is 0 Å². The van der Waals surface area contributed by atoms with Gasteiger partial charge in [-0.25, -0.2) is 4.79 Å². The van der Waals surface area contributed by atoms with Crippen LogP contribution in [0.5, 0.6) is 0 Å². The molecule has 5 heteroatoms. The van der Waals surface area contributed by atoms with E-state index in [1.807, 2.05) is 26.8 Å². The Kier molecular flexibility index (Phi) is 5.59. The summed E-state index contributed by atoms with van der Waals surface area (Å²) in [5.41, 5.74) is -0.898. The third-order valence-corrected chi connectivity index (χ3v) is 4.15. The third kappa shape index (κ3) is 5.13. The molecular formula is C15H26N2O2S. The van der Waals surface area contributed by atoms with Gasteiger partial charge in [-0.15, -0.1) is 11.3 Å². The van der Waals surface area contributed by atoms with Gasteiger partial charge in [0.2, 0.25) is 0 Å². The lowest BCUT2D eigenvalue weighted by Crippen LogP contribution is -2.50. The second-order valence-corrected chi connectivity index (χ2v) is 7.47. The van der Waals surface area contributed by atoms with Crippen LogP contribution in [0.4, 0.5) is 4.79 Å². The topological polar surface area (TPSA) is 52.6 Å². The molecule has 0 aromatic carbocycles. The fourth-order valence-electron chi connectivity index (χ4n) is 1.93. The van der Waals surface area contributed by atoms with Crippen molar-refractivity contribution < 1.29 is 9.90 Å². The minimum atomic E-state index is -0.898. The zero-order valence-electron chi connectivity index (χ0n) is 13.2. The van der Waals surface area contributed by atoms with Crippen molar-refractivity contribution in [1.82, 2.24) is 10.2 Å². The van der Waals surface area contributed by atoms with Crippen LogP contribution in [0.2, 0.25) is 0 Å². The monoisotopic (exact) mass is 298 g/mol. The molecule has 4 nitrogen and oxygen atoms in total. The molecule has 0 aliphatic heterocycles. The minimum absolute atomic E-state index is 0.0238. The summed E-state index contributed by atoms with van der Waals surface area (Å²) in [4.78, 5) is 16.4. The Morgan fingerprint density at radius 1 is 1.40 bits per heavy atom. The van der Waals surface area contributed by atoms with E-state index in [1.165, 1.54) is 4.88 Å². The van der Waals surface area contributed by atoms with Crippen molar-refractivity contribution >= 4 is 17.4 Å². The van der Waals surface area contributed by atoms with Crippen molar-refractivity contribution in [2.75, 3.05) is 6.54 Å². The summed E-state index contributed by atoms with van der Waals surface area (Å²) >= 11 is 1.69. The molecule has 0 spiro atoms. The van der Waals surface area contributed by atoms with Crippen molar-refractivity contribution in [2.45, 2.75) is 59.2 Å². The second-order valence-electron chi connectivity index (χ2n) is 6.15. The quantitative estimate of drug-likeness (QED) is 0.876.